The van der Waals surface area contributed by atoms with Crippen molar-refractivity contribution in [2.24, 2.45) is 7.05 Å². The predicted molar refractivity (Wildman–Crippen MR) is 119 cm³/mol. The molecule has 1 atom stereocenters. The van der Waals surface area contributed by atoms with E-state index in [4.69, 9.17) is 9.72 Å². The monoisotopic (exact) mass is 418 g/mol. The number of hydrogen-bond acceptors (Lipinski definition) is 5. The van der Waals surface area contributed by atoms with Crippen LogP contribution in [0.15, 0.2) is 42.6 Å². The molecule has 8 nitrogen and oxygen atoms in total. The fraction of sp³-hybridized carbons (Fsp3) is 0.304. The minimum absolute atomic E-state index is 0.189. The van der Waals surface area contributed by atoms with Crippen LogP contribution in [0.5, 0.6) is 5.75 Å². The van der Waals surface area contributed by atoms with Crippen LogP contribution in [0.3, 0.4) is 0 Å². The number of ether oxygens (including phenoxy) is 1. The van der Waals surface area contributed by atoms with E-state index in [9.17, 15) is 4.79 Å². The Labute approximate surface area is 180 Å². The highest BCUT2D eigenvalue weighted by atomic mass is 16.5. The summed E-state index contributed by atoms with van der Waals surface area (Å²) in [5, 5.41) is 12.8. The first-order valence-corrected chi connectivity index (χ1v) is 10.2. The lowest BCUT2D eigenvalue weighted by atomic mass is 10.0. The Hall–Kier alpha value is -3.68. The molecule has 3 aromatic heterocycles. The van der Waals surface area contributed by atoms with E-state index in [0.717, 1.165) is 34.6 Å². The normalized spacial score (nSPS) is 12.2. The van der Waals surface area contributed by atoms with Gasteiger partial charge in [0.25, 0.3) is 5.91 Å². The van der Waals surface area contributed by atoms with Crippen molar-refractivity contribution in [1.82, 2.24) is 29.9 Å². The maximum Gasteiger partial charge on any atom is 0.252 e. The van der Waals surface area contributed by atoms with Crippen LogP contribution in [0.4, 0.5) is 0 Å². The van der Waals surface area contributed by atoms with E-state index < -0.39 is 0 Å². The summed E-state index contributed by atoms with van der Waals surface area (Å²) in [5.74, 6) is 0.540. The highest BCUT2D eigenvalue weighted by molar-refractivity contribution is 6.07. The molecule has 3 heterocycles. The molecule has 31 heavy (non-hydrogen) atoms. The molecular formula is C23H26N6O2. The number of amides is 1. The zero-order valence-corrected chi connectivity index (χ0v) is 18.4. The van der Waals surface area contributed by atoms with Crippen LogP contribution in [-0.2, 0) is 13.6 Å². The third-order valence-corrected chi connectivity index (χ3v) is 5.36. The minimum Gasteiger partial charge on any atom is -0.497 e. The van der Waals surface area contributed by atoms with Crippen molar-refractivity contribution in [2.75, 3.05) is 7.11 Å². The molecule has 0 aliphatic carbocycles. The van der Waals surface area contributed by atoms with Gasteiger partial charge in [-0.25, -0.2) is 4.98 Å². The van der Waals surface area contributed by atoms with E-state index in [1.54, 1.807) is 11.8 Å². The summed E-state index contributed by atoms with van der Waals surface area (Å²) in [7, 11) is 3.46. The van der Waals surface area contributed by atoms with Gasteiger partial charge in [-0.3, -0.25) is 14.2 Å². The summed E-state index contributed by atoms with van der Waals surface area (Å²) in [6, 6.07) is 11.1. The molecule has 0 fully saturated rings. The van der Waals surface area contributed by atoms with E-state index in [2.05, 4.69) is 15.5 Å². The number of fused-ring (bicyclic) bond motifs is 1. The van der Waals surface area contributed by atoms with Crippen LogP contribution in [0.25, 0.3) is 22.3 Å². The Bertz CT molecular complexity index is 1260. The fourth-order valence-electron chi connectivity index (χ4n) is 3.69. The second-order valence-corrected chi connectivity index (χ2v) is 7.49. The van der Waals surface area contributed by atoms with Crippen LogP contribution in [0, 0.1) is 6.92 Å². The quantitative estimate of drug-likeness (QED) is 0.516. The molecule has 4 aromatic rings. The SMILES string of the molecule is CCn1ccc(C(C)NC(=O)c2cc(-c3cccc(OC)c3)nc3c2c(C)nn3C)n1. The number of methoxy groups -OCH3 is 1. The first-order valence-electron chi connectivity index (χ1n) is 10.2. The number of nitrogens with zero attached hydrogens (tertiary/aromatic N) is 5. The molecule has 0 saturated heterocycles. The van der Waals surface area contributed by atoms with Gasteiger partial charge in [-0.2, -0.15) is 10.2 Å². The van der Waals surface area contributed by atoms with Gasteiger partial charge in [0.15, 0.2) is 5.65 Å². The van der Waals surface area contributed by atoms with Crippen molar-refractivity contribution in [3.05, 3.63) is 59.5 Å². The van der Waals surface area contributed by atoms with Crippen molar-refractivity contribution < 1.29 is 9.53 Å². The number of carbonyl (C=O) groups is 1. The molecule has 4 rings (SSSR count). The Morgan fingerprint density at radius 2 is 2.03 bits per heavy atom. The Kier molecular flexibility index (Phi) is 5.46. The third kappa shape index (κ3) is 3.88. The molecule has 160 valence electrons. The Morgan fingerprint density at radius 1 is 1.23 bits per heavy atom. The largest absolute Gasteiger partial charge is 0.497 e. The van der Waals surface area contributed by atoms with Crippen LogP contribution >= 0.6 is 0 Å². The average Bonchev–Trinajstić information content (AvgIpc) is 3.38. The number of carbonyl (C=O) groups excluding carboxylic acids is 1. The van der Waals surface area contributed by atoms with Crippen molar-refractivity contribution in [3.63, 3.8) is 0 Å². The molecule has 0 aliphatic rings. The first-order chi connectivity index (χ1) is 14.9. The summed E-state index contributed by atoms with van der Waals surface area (Å²) < 4.78 is 8.90. The molecule has 1 amide bonds. The lowest BCUT2D eigenvalue weighted by Gasteiger charge is -2.14. The molecule has 0 radical (unpaired) electrons. The number of nitrogens with one attached hydrogen (secondary N) is 1. The van der Waals surface area contributed by atoms with E-state index in [0.29, 0.717) is 16.9 Å². The van der Waals surface area contributed by atoms with Crippen molar-refractivity contribution in [3.8, 4) is 17.0 Å². The molecule has 0 aliphatic heterocycles. The first kappa shape index (κ1) is 20.6. The molecule has 0 saturated carbocycles. The van der Waals surface area contributed by atoms with Gasteiger partial charge in [0, 0.05) is 25.4 Å². The van der Waals surface area contributed by atoms with Gasteiger partial charge in [-0.15, -0.1) is 0 Å². The topological polar surface area (TPSA) is 86.9 Å². The second-order valence-electron chi connectivity index (χ2n) is 7.49. The van der Waals surface area contributed by atoms with E-state index in [-0.39, 0.29) is 11.9 Å². The van der Waals surface area contributed by atoms with Crippen molar-refractivity contribution in [2.45, 2.75) is 33.4 Å². The van der Waals surface area contributed by atoms with Crippen molar-refractivity contribution >= 4 is 16.9 Å². The number of aromatic nitrogens is 5. The van der Waals surface area contributed by atoms with E-state index in [1.807, 2.05) is 75.1 Å². The van der Waals surface area contributed by atoms with Gasteiger partial charge < -0.3 is 10.1 Å². The average molecular weight is 419 g/mol. The van der Waals surface area contributed by atoms with Gasteiger partial charge in [-0.1, -0.05) is 12.1 Å². The smallest absolute Gasteiger partial charge is 0.252 e. The summed E-state index contributed by atoms with van der Waals surface area (Å²) >= 11 is 0. The number of rotatable bonds is 6. The van der Waals surface area contributed by atoms with Gasteiger partial charge in [0.1, 0.15) is 5.75 Å². The second kappa shape index (κ2) is 8.22. The van der Waals surface area contributed by atoms with E-state index >= 15 is 0 Å². The number of hydrogen-bond donors (Lipinski definition) is 1. The van der Waals surface area contributed by atoms with Crippen LogP contribution in [-0.4, -0.2) is 37.6 Å². The van der Waals surface area contributed by atoms with Gasteiger partial charge >= 0.3 is 0 Å². The molecule has 1 N–H and O–H groups in total. The van der Waals surface area contributed by atoms with Crippen LogP contribution in [0.1, 0.15) is 41.6 Å². The Balaban J connectivity index is 1.77. The molecule has 1 unspecified atom stereocenters. The zero-order valence-electron chi connectivity index (χ0n) is 18.4. The summed E-state index contributed by atoms with van der Waals surface area (Å²) in [6.07, 6.45) is 1.91. The standard InChI is InChI=1S/C23H26N6O2/c1-6-29-11-10-19(27-29)14(2)24-23(30)18-13-20(16-8-7-9-17(12-16)31-5)25-22-21(18)15(3)26-28(22)4/h7-14H,6H2,1-5H3,(H,24,30). The number of pyridine rings is 1. The van der Waals surface area contributed by atoms with Gasteiger partial charge in [-0.05, 0) is 45.0 Å². The third-order valence-electron chi connectivity index (χ3n) is 5.36. The maximum absolute atomic E-state index is 13.4. The highest BCUT2D eigenvalue weighted by Gasteiger charge is 2.21. The summed E-state index contributed by atoms with van der Waals surface area (Å²) in [5.41, 5.74) is 4.32. The fourth-order valence-corrected chi connectivity index (χ4v) is 3.69. The number of aryl methyl sites for hydroxylation is 3. The molecule has 0 bridgehead atoms. The lowest BCUT2D eigenvalue weighted by molar-refractivity contribution is 0.0940. The summed E-state index contributed by atoms with van der Waals surface area (Å²) in [4.78, 5) is 18.1. The Morgan fingerprint density at radius 3 is 2.74 bits per heavy atom. The summed E-state index contributed by atoms with van der Waals surface area (Å²) in [6.45, 7) is 6.62. The van der Waals surface area contributed by atoms with E-state index in [1.165, 1.54) is 0 Å². The van der Waals surface area contributed by atoms with Gasteiger partial charge in [0.05, 0.1) is 41.2 Å². The zero-order chi connectivity index (χ0) is 22.1. The van der Waals surface area contributed by atoms with Crippen molar-refractivity contribution in [1.29, 1.82) is 0 Å². The minimum atomic E-state index is -0.235. The molecule has 0 spiro atoms. The molecule has 8 heteroatoms. The maximum atomic E-state index is 13.4. The van der Waals surface area contributed by atoms with Crippen LogP contribution < -0.4 is 10.1 Å². The molecular weight excluding hydrogens is 392 g/mol. The highest BCUT2D eigenvalue weighted by Crippen LogP contribution is 2.29. The lowest BCUT2D eigenvalue weighted by Crippen LogP contribution is -2.27. The predicted octanol–water partition coefficient (Wildman–Crippen LogP) is 3.66. The van der Waals surface area contributed by atoms with Gasteiger partial charge in [0.2, 0.25) is 0 Å². The molecule has 1 aromatic carbocycles. The number of benzene rings is 1. The van der Waals surface area contributed by atoms with Crippen LogP contribution in [0.2, 0.25) is 0 Å².